The molecule has 0 saturated heterocycles. The Balaban J connectivity index is 0. The number of carbonyl (C=O) groups is 6. The van der Waals surface area contributed by atoms with E-state index in [1.165, 1.54) is 0 Å². The van der Waals surface area contributed by atoms with Gasteiger partial charge in [-0.3, -0.25) is 19.2 Å². The molecule has 0 atom stereocenters. The largest absolute Gasteiger partial charge is 0.466 e. The monoisotopic (exact) mass is 720 g/mol. The molecule has 292 valence electrons. The van der Waals surface area contributed by atoms with Crippen molar-refractivity contribution in [2.75, 3.05) is 39.6 Å². The molecule has 0 aromatic heterocycles. The number of carbonyl (C=O) groups excluding carboxylic acids is 6. The molecule has 0 saturated carbocycles. The highest BCUT2D eigenvalue weighted by atomic mass is 16.6. The van der Waals surface area contributed by atoms with E-state index in [0.717, 1.165) is 38.5 Å². The minimum absolute atomic E-state index is 0.118. The van der Waals surface area contributed by atoms with Crippen LogP contribution in [-0.4, -0.2) is 96.9 Å². The summed E-state index contributed by atoms with van der Waals surface area (Å²) < 4.78 is 29.9. The summed E-state index contributed by atoms with van der Waals surface area (Å²) in [5.74, 6) is -4.98. The maximum Gasteiger partial charge on any atom is 0.339 e. The number of aliphatic hydroxyl groups is 2. The predicted octanol–water partition coefficient (Wildman–Crippen LogP) is 5.06. The average molecular weight is 721 g/mol. The van der Waals surface area contributed by atoms with Gasteiger partial charge in [0.1, 0.15) is 0 Å². The van der Waals surface area contributed by atoms with Gasteiger partial charge in [-0.15, -0.1) is 0 Å². The van der Waals surface area contributed by atoms with Crippen molar-refractivity contribution in [3.63, 3.8) is 0 Å². The van der Waals surface area contributed by atoms with Crippen molar-refractivity contribution < 1.29 is 67.4 Å². The summed E-state index contributed by atoms with van der Waals surface area (Å²) in [5.41, 5.74) is -4.53. The van der Waals surface area contributed by atoms with E-state index in [0.29, 0.717) is 38.5 Å². The lowest BCUT2D eigenvalue weighted by Crippen LogP contribution is -2.45. The standard InChI is InChI=1S/2C18H32O7/c2*1-4-7-10-23-15(19)13-18(22,17(21)25-12-9-6-3)14-16(20)24-11-8-5-2/h2*22H,4-14H2,1-3H3. The van der Waals surface area contributed by atoms with Crippen molar-refractivity contribution in [2.24, 2.45) is 0 Å². The first-order chi connectivity index (χ1) is 23.8. The fraction of sp³-hybridized carbons (Fsp3) is 0.833. The second kappa shape index (κ2) is 30.6. The molecule has 0 aromatic rings. The molecule has 14 heteroatoms. The zero-order valence-corrected chi connectivity index (χ0v) is 31.3. The third-order valence-electron chi connectivity index (χ3n) is 7.01. The summed E-state index contributed by atoms with van der Waals surface area (Å²) in [6.45, 7) is 12.7. The van der Waals surface area contributed by atoms with Crippen LogP contribution in [0.5, 0.6) is 0 Å². The van der Waals surface area contributed by atoms with Gasteiger partial charge in [0.05, 0.1) is 65.3 Å². The molecule has 0 bridgehead atoms. The van der Waals surface area contributed by atoms with Crippen LogP contribution < -0.4 is 0 Å². The van der Waals surface area contributed by atoms with Crippen LogP contribution in [0.1, 0.15) is 144 Å². The van der Waals surface area contributed by atoms with E-state index in [4.69, 9.17) is 28.4 Å². The van der Waals surface area contributed by atoms with Crippen LogP contribution in [-0.2, 0) is 57.2 Å². The molecule has 0 rings (SSSR count). The van der Waals surface area contributed by atoms with Crippen LogP contribution in [0.15, 0.2) is 0 Å². The van der Waals surface area contributed by atoms with Gasteiger partial charge in [-0.1, -0.05) is 80.1 Å². The van der Waals surface area contributed by atoms with Gasteiger partial charge in [0.2, 0.25) is 0 Å². The summed E-state index contributed by atoms with van der Waals surface area (Å²) in [6, 6.07) is 0. The molecule has 2 N–H and O–H groups in total. The Morgan fingerprint density at radius 2 is 0.540 bits per heavy atom. The Bertz CT molecular complexity index is 840. The summed E-state index contributed by atoms with van der Waals surface area (Å²) >= 11 is 0. The van der Waals surface area contributed by atoms with Crippen LogP contribution in [0.2, 0.25) is 0 Å². The first-order valence-corrected chi connectivity index (χ1v) is 18.2. The molecule has 0 fully saturated rings. The third-order valence-corrected chi connectivity index (χ3v) is 7.01. The Morgan fingerprint density at radius 3 is 0.720 bits per heavy atom. The minimum Gasteiger partial charge on any atom is -0.466 e. The highest BCUT2D eigenvalue weighted by Crippen LogP contribution is 2.22. The van der Waals surface area contributed by atoms with Crippen molar-refractivity contribution >= 4 is 35.8 Å². The smallest absolute Gasteiger partial charge is 0.339 e. The number of rotatable bonds is 28. The lowest BCUT2D eigenvalue weighted by molar-refractivity contribution is -0.178. The van der Waals surface area contributed by atoms with Gasteiger partial charge in [-0.25, -0.2) is 9.59 Å². The van der Waals surface area contributed by atoms with Crippen LogP contribution in [0.3, 0.4) is 0 Å². The molecule has 0 heterocycles. The highest BCUT2D eigenvalue weighted by Gasteiger charge is 2.44. The third kappa shape index (κ3) is 24.8. The fourth-order valence-electron chi connectivity index (χ4n) is 3.78. The van der Waals surface area contributed by atoms with Gasteiger partial charge in [-0.05, 0) is 38.5 Å². The molecule has 0 aliphatic heterocycles. The molecule has 0 aromatic carbocycles. The summed E-state index contributed by atoms with van der Waals surface area (Å²) in [6.07, 6.45) is 6.47. The van der Waals surface area contributed by atoms with Gasteiger partial charge in [0, 0.05) is 0 Å². The number of esters is 6. The Kier molecular flexibility index (Phi) is 29.9. The Morgan fingerprint density at radius 1 is 0.360 bits per heavy atom. The zero-order chi connectivity index (χ0) is 38.3. The normalized spacial score (nSPS) is 11.0. The number of hydrogen-bond donors (Lipinski definition) is 2. The van der Waals surface area contributed by atoms with E-state index in [9.17, 15) is 39.0 Å². The molecular formula is C36H64O14. The van der Waals surface area contributed by atoms with E-state index < -0.39 is 72.7 Å². The predicted molar refractivity (Wildman–Crippen MR) is 184 cm³/mol. The zero-order valence-electron chi connectivity index (χ0n) is 31.3. The highest BCUT2D eigenvalue weighted by molar-refractivity contribution is 5.91. The molecule has 0 spiro atoms. The maximum absolute atomic E-state index is 12.2. The van der Waals surface area contributed by atoms with Crippen molar-refractivity contribution in [2.45, 2.75) is 155 Å². The SMILES string of the molecule is CCCCOC(=O)CC(O)(CC(=O)OCCCC)C(=O)OCCCC.CCCCOC(=O)CC(O)(CC(=O)OCCCC)C(=O)OCCCC. The molecule has 0 radical (unpaired) electrons. The van der Waals surface area contributed by atoms with E-state index in [-0.39, 0.29) is 39.6 Å². The fourth-order valence-corrected chi connectivity index (χ4v) is 3.78. The van der Waals surface area contributed by atoms with Crippen molar-refractivity contribution in [1.82, 2.24) is 0 Å². The molecule has 50 heavy (non-hydrogen) atoms. The van der Waals surface area contributed by atoms with E-state index in [1.54, 1.807) is 0 Å². The number of unbranched alkanes of at least 4 members (excludes halogenated alkanes) is 6. The lowest BCUT2D eigenvalue weighted by atomic mass is 9.95. The van der Waals surface area contributed by atoms with Gasteiger partial charge >= 0.3 is 35.8 Å². The van der Waals surface area contributed by atoms with Crippen LogP contribution in [0.25, 0.3) is 0 Å². The summed E-state index contributed by atoms with van der Waals surface area (Å²) in [5, 5.41) is 21.1. The van der Waals surface area contributed by atoms with Gasteiger partial charge in [0.15, 0.2) is 11.2 Å². The quantitative estimate of drug-likeness (QED) is 0.0618. The second-order valence-corrected chi connectivity index (χ2v) is 12.0. The average Bonchev–Trinajstić information content (AvgIpc) is 3.05. The van der Waals surface area contributed by atoms with Crippen LogP contribution in [0.4, 0.5) is 0 Å². The summed E-state index contributed by atoms with van der Waals surface area (Å²) in [4.78, 5) is 71.8. The molecular weight excluding hydrogens is 656 g/mol. The van der Waals surface area contributed by atoms with E-state index in [1.807, 2.05) is 41.5 Å². The molecule has 0 amide bonds. The van der Waals surface area contributed by atoms with Gasteiger partial charge < -0.3 is 38.6 Å². The first kappa shape index (κ1) is 48.9. The number of hydrogen-bond acceptors (Lipinski definition) is 14. The minimum atomic E-state index is -2.26. The first-order valence-electron chi connectivity index (χ1n) is 18.2. The molecule has 14 nitrogen and oxygen atoms in total. The molecule has 0 unspecified atom stereocenters. The van der Waals surface area contributed by atoms with Crippen LogP contribution >= 0.6 is 0 Å². The van der Waals surface area contributed by atoms with Crippen molar-refractivity contribution in [3.05, 3.63) is 0 Å². The van der Waals surface area contributed by atoms with Crippen molar-refractivity contribution in [1.29, 1.82) is 0 Å². The lowest BCUT2D eigenvalue weighted by Gasteiger charge is -2.24. The molecule has 0 aliphatic rings. The van der Waals surface area contributed by atoms with Crippen molar-refractivity contribution in [3.8, 4) is 0 Å². The number of ether oxygens (including phenoxy) is 6. The topological polar surface area (TPSA) is 198 Å². The van der Waals surface area contributed by atoms with E-state index >= 15 is 0 Å². The van der Waals surface area contributed by atoms with Gasteiger partial charge in [0.25, 0.3) is 0 Å². The Hall–Kier alpha value is -3.26. The summed E-state index contributed by atoms with van der Waals surface area (Å²) in [7, 11) is 0. The Labute approximate surface area is 298 Å². The van der Waals surface area contributed by atoms with Crippen LogP contribution in [0, 0.1) is 0 Å². The maximum atomic E-state index is 12.2. The molecule has 0 aliphatic carbocycles. The second-order valence-electron chi connectivity index (χ2n) is 12.0. The van der Waals surface area contributed by atoms with Gasteiger partial charge in [-0.2, -0.15) is 0 Å². The van der Waals surface area contributed by atoms with E-state index in [2.05, 4.69) is 0 Å².